The lowest BCUT2D eigenvalue weighted by Gasteiger charge is -2.13. The third-order valence-corrected chi connectivity index (χ3v) is 6.38. The van der Waals surface area contributed by atoms with Crippen LogP contribution in [0, 0.1) is 13.8 Å². The molecule has 26 heavy (non-hydrogen) atoms. The molecular weight excluding hydrogens is 376 g/mol. The second kappa shape index (κ2) is 6.76. The first-order valence-corrected chi connectivity index (χ1v) is 10.2. The Morgan fingerprint density at radius 1 is 1.19 bits per heavy atom. The lowest BCUT2D eigenvalue weighted by atomic mass is 10.2. The van der Waals surface area contributed by atoms with Gasteiger partial charge in [0.05, 0.1) is 34.3 Å². The number of aromatic nitrogens is 2. The highest BCUT2D eigenvalue weighted by atomic mass is 32.2. The van der Waals surface area contributed by atoms with Crippen LogP contribution < -0.4 is 4.72 Å². The standard InChI is InChI=1S/C16H18N4O4S2/c1-10-15(11(2)19(3)17-10)18-26(23,24)13-6-4-12(5-7-13)8-20-14(21)9-25-16(20)22/h4-7,18H,8-9H2,1-3H3. The number of aryl methyl sites for hydroxylation is 2. The number of carbonyl (C=O) groups excluding carboxylic acids is 2. The Labute approximate surface area is 155 Å². The van der Waals surface area contributed by atoms with Crippen molar-refractivity contribution in [2.75, 3.05) is 10.5 Å². The molecule has 1 aliphatic heterocycles. The van der Waals surface area contributed by atoms with E-state index >= 15 is 0 Å². The van der Waals surface area contributed by atoms with Crippen molar-refractivity contribution in [2.45, 2.75) is 25.3 Å². The first kappa shape index (κ1) is 18.5. The van der Waals surface area contributed by atoms with Crippen LogP contribution in [-0.2, 0) is 28.4 Å². The summed E-state index contributed by atoms with van der Waals surface area (Å²) in [4.78, 5) is 24.5. The van der Waals surface area contributed by atoms with Gasteiger partial charge in [0, 0.05) is 7.05 Å². The maximum Gasteiger partial charge on any atom is 0.289 e. The van der Waals surface area contributed by atoms with Gasteiger partial charge in [0.25, 0.3) is 15.3 Å². The van der Waals surface area contributed by atoms with E-state index < -0.39 is 10.0 Å². The van der Waals surface area contributed by atoms with Crippen molar-refractivity contribution in [2.24, 2.45) is 7.05 Å². The van der Waals surface area contributed by atoms with E-state index in [2.05, 4.69) is 9.82 Å². The summed E-state index contributed by atoms with van der Waals surface area (Å²) in [5, 5.41) is 3.91. The third kappa shape index (κ3) is 3.47. The molecule has 2 amide bonds. The zero-order valence-electron chi connectivity index (χ0n) is 14.5. The summed E-state index contributed by atoms with van der Waals surface area (Å²) in [7, 11) is -2.02. The molecule has 1 saturated heterocycles. The molecular formula is C16H18N4O4S2. The number of sulfonamides is 1. The topological polar surface area (TPSA) is 101 Å². The van der Waals surface area contributed by atoms with Crippen molar-refractivity contribution >= 4 is 38.6 Å². The number of nitrogens with zero attached hydrogens (tertiary/aromatic N) is 3. The van der Waals surface area contributed by atoms with Gasteiger partial charge in [-0.15, -0.1) is 0 Å². The second-order valence-electron chi connectivity index (χ2n) is 5.95. The van der Waals surface area contributed by atoms with Gasteiger partial charge in [-0.2, -0.15) is 5.10 Å². The average molecular weight is 394 g/mol. The van der Waals surface area contributed by atoms with Gasteiger partial charge < -0.3 is 0 Å². The second-order valence-corrected chi connectivity index (χ2v) is 8.56. The Morgan fingerprint density at radius 2 is 1.85 bits per heavy atom. The molecule has 138 valence electrons. The largest absolute Gasteiger partial charge is 0.289 e. The number of amides is 2. The van der Waals surface area contributed by atoms with Gasteiger partial charge in [0.1, 0.15) is 0 Å². The molecule has 0 unspecified atom stereocenters. The molecule has 1 aromatic carbocycles. The summed E-state index contributed by atoms with van der Waals surface area (Å²) in [5.74, 6) is -0.0835. The number of rotatable bonds is 5. The van der Waals surface area contributed by atoms with Gasteiger partial charge in [0.15, 0.2) is 0 Å². The van der Waals surface area contributed by atoms with E-state index in [0.29, 0.717) is 22.6 Å². The van der Waals surface area contributed by atoms with Crippen molar-refractivity contribution in [1.82, 2.24) is 14.7 Å². The van der Waals surface area contributed by atoms with Gasteiger partial charge in [0.2, 0.25) is 5.91 Å². The fourth-order valence-electron chi connectivity index (χ4n) is 2.61. The summed E-state index contributed by atoms with van der Waals surface area (Å²) >= 11 is 0.970. The SMILES string of the molecule is Cc1nn(C)c(C)c1NS(=O)(=O)c1ccc(CN2C(=O)CSC2=O)cc1. The quantitative estimate of drug-likeness (QED) is 0.833. The van der Waals surface area contributed by atoms with Crippen LogP contribution in [0.3, 0.4) is 0 Å². The van der Waals surface area contributed by atoms with E-state index in [4.69, 9.17) is 0 Å². The number of hydrogen-bond donors (Lipinski definition) is 1. The van der Waals surface area contributed by atoms with E-state index in [-0.39, 0.29) is 28.3 Å². The number of benzene rings is 1. The molecule has 1 aliphatic rings. The normalized spacial score (nSPS) is 15.0. The first-order chi connectivity index (χ1) is 12.2. The summed E-state index contributed by atoms with van der Waals surface area (Å²) < 4.78 is 29.4. The molecule has 1 fully saturated rings. The number of imide groups is 1. The van der Waals surface area contributed by atoms with E-state index in [1.165, 1.54) is 12.1 Å². The minimum absolute atomic E-state index is 0.0948. The lowest BCUT2D eigenvalue weighted by molar-refractivity contribution is -0.125. The van der Waals surface area contributed by atoms with Gasteiger partial charge in [-0.25, -0.2) is 8.42 Å². The van der Waals surface area contributed by atoms with E-state index in [1.807, 2.05) is 0 Å². The maximum absolute atomic E-state index is 12.6. The summed E-state index contributed by atoms with van der Waals surface area (Å²) in [6.07, 6.45) is 0. The fraction of sp³-hybridized carbons (Fsp3) is 0.312. The minimum Gasteiger partial charge on any atom is -0.276 e. The Balaban J connectivity index is 1.79. The Hall–Kier alpha value is -2.33. The molecule has 0 saturated carbocycles. The lowest BCUT2D eigenvalue weighted by Crippen LogP contribution is -2.27. The maximum atomic E-state index is 12.6. The zero-order chi connectivity index (χ0) is 19.1. The van der Waals surface area contributed by atoms with Crippen molar-refractivity contribution in [3.05, 3.63) is 41.2 Å². The number of hydrogen-bond acceptors (Lipinski definition) is 6. The zero-order valence-corrected chi connectivity index (χ0v) is 16.1. The van der Waals surface area contributed by atoms with Crippen LogP contribution in [0.25, 0.3) is 0 Å². The van der Waals surface area contributed by atoms with Crippen molar-refractivity contribution in [3.8, 4) is 0 Å². The van der Waals surface area contributed by atoms with Gasteiger partial charge in [-0.05, 0) is 31.5 Å². The number of carbonyl (C=O) groups is 2. The summed E-state index contributed by atoms with van der Waals surface area (Å²) in [6, 6.07) is 6.11. The van der Waals surface area contributed by atoms with Crippen molar-refractivity contribution in [3.63, 3.8) is 0 Å². The molecule has 0 atom stereocenters. The molecule has 10 heteroatoms. The number of nitrogens with one attached hydrogen (secondary N) is 1. The van der Waals surface area contributed by atoms with Crippen LogP contribution in [0.1, 0.15) is 17.0 Å². The highest BCUT2D eigenvalue weighted by Crippen LogP contribution is 2.24. The Kier molecular flexibility index (Phi) is 4.80. The molecule has 8 nitrogen and oxygen atoms in total. The minimum atomic E-state index is -3.77. The highest BCUT2D eigenvalue weighted by molar-refractivity contribution is 8.14. The number of anilines is 1. The predicted molar refractivity (Wildman–Crippen MR) is 98.3 cm³/mol. The molecule has 0 bridgehead atoms. The molecule has 1 aromatic heterocycles. The van der Waals surface area contributed by atoms with Crippen LogP contribution in [0.5, 0.6) is 0 Å². The van der Waals surface area contributed by atoms with Gasteiger partial charge in [-0.3, -0.25) is 23.9 Å². The fourth-order valence-corrected chi connectivity index (χ4v) is 4.51. The smallest absolute Gasteiger partial charge is 0.276 e. The van der Waals surface area contributed by atoms with E-state index in [0.717, 1.165) is 16.7 Å². The molecule has 0 spiro atoms. The van der Waals surface area contributed by atoms with Gasteiger partial charge in [-0.1, -0.05) is 23.9 Å². The van der Waals surface area contributed by atoms with Crippen LogP contribution in [0.4, 0.5) is 10.5 Å². The van der Waals surface area contributed by atoms with E-state index in [9.17, 15) is 18.0 Å². The predicted octanol–water partition coefficient (Wildman–Crippen LogP) is 2.03. The third-order valence-electron chi connectivity index (χ3n) is 4.16. The Morgan fingerprint density at radius 3 is 2.35 bits per heavy atom. The molecule has 3 rings (SSSR count). The van der Waals surface area contributed by atoms with E-state index in [1.54, 1.807) is 37.7 Å². The Bertz CT molecular complexity index is 964. The van der Waals surface area contributed by atoms with Crippen LogP contribution in [0.2, 0.25) is 0 Å². The van der Waals surface area contributed by atoms with Crippen molar-refractivity contribution < 1.29 is 18.0 Å². The van der Waals surface area contributed by atoms with Crippen LogP contribution >= 0.6 is 11.8 Å². The molecule has 0 aliphatic carbocycles. The summed E-state index contributed by atoms with van der Waals surface area (Å²) in [6.45, 7) is 3.65. The van der Waals surface area contributed by atoms with Crippen molar-refractivity contribution in [1.29, 1.82) is 0 Å². The number of thioether (sulfide) groups is 1. The first-order valence-electron chi connectivity index (χ1n) is 7.78. The monoisotopic (exact) mass is 394 g/mol. The van der Waals surface area contributed by atoms with Crippen LogP contribution in [0.15, 0.2) is 29.2 Å². The molecule has 2 aromatic rings. The summed E-state index contributed by atoms with van der Waals surface area (Å²) in [5.41, 5.74) is 2.45. The molecule has 2 heterocycles. The molecule has 1 N–H and O–H groups in total. The van der Waals surface area contributed by atoms with Gasteiger partial charge >= 0.3 is 0 Å². The highest BCUT2D eigenvalue weighted by Gasteiger charge is 2.29. The van der Waals surface area contributed by atoms with Crippen LogP contribution in [-0.4, -0.2) is 40.0 Å². The average Bonchev–Trinajstić information content (AvgIpc) is 3.02. The molecule has 0 radical (unpaired) electrons.